The van der Waals surface area contributed by atoms with Crippen molar-refractivity contribution in [2.45, 2.75) is 46.0 Å². The van der Waals surface area contributed by atoms with E-state index in [0.29, 0.717) is 24.1 Å². The molecule has 1 aromatic carbocycles. The van der Waals surface area contributed by atoms with E-state index < -0.39 is 0 Å². The lowest BCUT2D eigenvalue weighted by atomic mass is 10.0. The SMILES string of the molecule is CCOC1=CC=C(n2c(-c3ccccc3)nc3c(c2=O)=CCC(N2CCCC(C)CC2)=CC=3)CC=C1. The minimum Gasteiger partial charge on any atom is -0.494 e. The molecule has 1 atom stereocenters. The summed E-state index contributed by atoms with van der Waals surface area (Å²) in [6.45, 7) is 7.07. The minimum atomic E-state index is -0.0258. The normalized spacial score (nSPS) is 19.9. The van der Waals surface area contributed by atoms with Gasteiger partial charge in [0, 0.05) is 42.9 Å². The average Bonchev–Trinajstić information content (AvgIpc) is 3.35. The maximum Gasteiger partial charge on any atom is 0.265 e. The Bertz CT molecular complexity index is 1410. The number of rotatable bonds is 5. The number of nitrogens with zero attached hydrogens (tertiary/aromatic N) is 3. The van der Waals surface area contributed by atoms with Crippen LogP contribution in [0.15, 0.2) is 77.0 Å². The van der Waals surface area contributed by atoms with Gasteiger partial charge >= 0.3 is 0 Å². The van der Waals surface area contributed by atoms with Crippen molar-refractivity contribution in [2.75, 3.05) is 19.7 Å². The zero-order valence-electron chi connectivity index (χ0n) is 21.3. The Labute approximate surface area is 213 Å². The molecule has 1 saturated heterocycles. The molecule has 0 N–H and O–H groups in total. The molecule has 2 aliphatic carbocycles. The second-order valence-electron chi connectivity index (χ2n) is 9.76. The first-order valence-electron chi connectivity index (χ1n) is 13.2. The molecule has 0 radical (unpaired) electrons. The topological polar surface area (TPSA) is 47.4 Å². The summed E-state index contributed by atoms with van der Waals surface area (Å²) in [4.78, 5) is 21.6. The van der Waals surface area contributed by atoms with E-state index in [4.69, 9.17) is 9.72 Å². The van der Waals surface area contributed by atoms with Gasteiger partial charge in [0.05, 0.1) is 17.2 Å². The number of aromatic nitrogens is 2. The highest BCUT2D eigenvalue weighted by Crippen LogP contribution is 2.23. The number of ether oxygens (including phenoxy) is 1. The standard InChI is InChI=1S/C31H35N3O2/c1-3-36-27-13-7-12-26(14-17-27)34-30(24-10-5-4-6-11-24)32-29-19-16-25(15-18-28(29)31(34)35)33-21-8-9-23(2)20-22-33/h4-7,10-11,13-14,16-19,23H,3,8-9,12,15,20-22H2,1-2H3. The van der Waals surface area contributed by atoms with Gasteiger partial charge in [0.15, 0.2) is 0 Å². The van der Waals surface area contributed by atoms with E-state index in [9.17, 15) is 4.79 Å². The molecule has 2 aromatic rings. The van der Waals surface area contributed by atoms with E-state index >= 15 is 0 Å². The number of allylic oxidation sites excluding steroid dienone is 7. The Kier molecular flexibility index (Phi) is 7.36. The minimum absolute atomic E-state index is 0.0258. The summed E-state index contributed by atoms with van der Waals surface area (Å²) in [5.41, 5.74) is 3.05. The molecule has 5 heteroatoms. The fourth-order valence-corrected chi connectivity index (χ4v) is 5.18. The Morgan fingerprint density at radius 3 is 2.67 bits per heavy atom. The van der Waals surface area contributed by atoms with Crippen molar-refractivity contribution in [1.82, 2.24) is 14.5 Å². The molecule has 36 heavy (non-hydrogen) atoms. The van der Waals surface area contributed by atoms with Crippen LogP contribution in [-0.4, -0.2) is 34.1 Å². The second kappa shape index (κ2) is 11.0. The lowest BCUT2D eigenvalue weighted by molar-refractivity contribution is 0.242. The van der Waals surface area contributed by atoms with Crippen molar-refractivity contribution in [2.24, 2.45) is 5.92 Å². The first-order chi connectivity index (χ1) is 17.6. The van der Waals surface area contributed by atoms with Gasteiger partial charge in [0.25, 0.3) is 5.56 Å². The second-order valence-corrected chi connectivity index (χ2v) is 9.76. The van der Waals surface area contributed by atoms with Crippen molar-refractivity contribution in [3.8, 4) is 11.4 Å². The van der Waals surface area contributed by atoms with E-state index in [0.717, 1.165) is 47.8 Å². The van der Waals surface area contributed by atoms with Crippen LogP contribution >= 0.6 is 0 Å². The van der Waals surface area contributed by atoms with E-state index in [2.05, 4.69) is 24.0 Å². The monoisotopic (exact) mass is 481 g/mol. The smallest absolute Gasteiger partial charge is 0.265 e. The zero-order chi connectivity index (χ0) is 24.9. The van der Waals surface area contributed by atoms with Crippen LogP contribution in [0.25, 0.3) is 29.2 Å². The molecule has 5 rings (SSSR count). The van der Waals surface area contributed by atoms with Gasteiger partial charge < -0.3 is 9.64 Å². The van der Waals surface area contributed by atoms with Crippen LogP contribution < -0.4 is 16.1 Å². The highest BCUT2D eigenvalue weighted by atomic mass is 16.5. The number of hydrogen-bond donors (Lipinski definition) is 0. The molecular formula is C31H35N3O2. The quantitative estimate of drug-likeness (QED) is 0.626. The van der Waals surface area contributed by atoms with Gasteiger partial charge in [-0.05, 0) is 62.5 Å². The van der Waals surface area contributed by atoms with Crippen LogP contribution in [0.5, 0.6) is 0 Å². The van der Waals surface area contributed by atoms with E-state index in [1.807, 2.05) is 67.6 Å². The lowest BCUT2D eigenvalue weighted by Crippen LogP contribution is -2.47. The van der Waals surface area contributed by atoms with Gasteiger partial charge in [-0.15, -0.1) is 0 Å². The van der Waals surface area contributed by atoms with Crippen LogP contribution in [-0.2, 0) is 4.74 Å². The van der Waals surface area contributed by atoms with Crippen molar-refractivity contribution in [1.29, 1.82) is 0 Å². The number of likely N-dealkylation sites (tertiary alicyclic amines) is 1. The molecule has 1 aliphatic heterocycles. The van der Waals surface area contributed by atoms with Crippen molar-refractivity contribution >= 4 is 17.8 Å². The van der Waals surface area contributed by atoms with Crippen molar-refractivity contribution < 1.29 is 4.74 Å². The molecule has 2 heterocycles. The number of benzene rings is 1. The van der Waals surface area contributed by atoms with Gasteiger partial charge in [-0.3, -0.25) is 9.36 Å². The average molecular weight is 482 g/mol. The molecule has 0 bridgehead atoms. The molecule has 1 fully saturated rings. The molecule has 5 nitrogen and oxygen atoms in total. The number of hydrogen-bond acceptors (Lipinski definition) is 4. The van der Waals surface area contributed by atoms with Crippen LogP contribution in [0.3, 0.4) is 0 Å². The molecule has 3 aliphatic rings. The molecule has 1 aromatic heterocycles. The molecular weight excluding hydrogens is 446 g/mol. The van der Waals surface area contributed by atoms with Crippen molar-refractivity contribution in [3.05, 3.63) is 93.1 Å². The third kappa shape index (κ3) is 5.15. The molecule has 0 saturated carbocycles. The van der Waals surface area contributed by atoms with E-state index in [1.54, 1.807) is 4.57 Å². The predicted molar refractivity (Wildman–Crippen MR) is 147 cm³/mol. The summed E-state index contributed by atoms with van der Waals surface area (Å²) in [5.74, 6) is 2.23. The summed E-state index contributed by atoms with van der Waals surface area (Å²) in [6.07, 6.45) is 19.3. The lowest BCUT2D eigenvalue weighted by Gasteiger charge is -2.25. The third-order valence-electron chi connectivity index (χ3n) is 7.20. The Balaban J connectivity index is 1.63. The van der Waals surface area contributed by atoms with Gasteiger partial charge in [0.1, 0.15) is 11.6 Å². The largest absolute Gasteiger partial charge is 0.494 e. The predicted octanol–water partition coefficient (Wildman–Crippen LogP) is 4.60. The maximum absolute atomic E-state index is 14.1. The molecule has 1 unspecified atom stereocenters. The Morgan fingerprint density at radius 1 is 1.00 bits per heavy atom. The fraction of sp³-hybridized carbons (Fsp3) is 0.355. The van der Waals surface area contributed by atoms with Crippen molar-refractivity contribution in [3.63, 3.8) is 0 Å². The molecule has 186 valence electrons. The summed E-state index contributed by atoms with van der Waals surface area (Å²) in [5, 5.41) is 1.41. The summed E-state index contributed by atoms with van der Waals surface area (Å²) >= 11 is 0. The third-order valence-corrected chi connectivity index (χ3v) is 7.20. The fourth-order valence-electron chi connectivity index (χ4n) is 5.18. The van der Waals surface area contributed by atoms with E-state index in [1.165, 1.54) is 25.0 Å². The van der Waals surface area contributed by atoms with Gasteiger partial charge in [-0.2, -0.15) is 0 Å². The molecule has 0 amide bonds. The maximum atomic E-state index is 14.1. The van der Waals surface area contributed by atoms with Gasteiger partial charge in [-0.1, -0.05) is 49.4 Å². The van der Waals surface area contributed by atoms with Crippen LogP contribution in [0.4, 0.5) is 0 Å². The summed E-state index contributed by atoms with van der Waals surface area (Å²) < 4.78 is 7.47. The first kappa shape index (κ1) is 24.1. The zero-order valence-corrected chi connectivity index (χ0v) is 21.3. The van der Waals surface area contributed by atoms with Gasteiger partial charge in [-0.25, -0.2) is 4.98 Å². The highest BCUT2D eigenvalue weighted by Gasteiger charge is 2.18. The molecule has 0 spiro atoms. The van der Waals surface area contributed by atoms with Crippen LogP contribution in [0.2, 0.25) is 0 Å². The Hall–Kier alpha value is -3.60. The Morgan fingerprint density at radius 2 is 1.83 bits per heavy atom. The summed E-state index contributed by atoms with van der Waals surface area (Å²) in [6, 6.07) is 9.98. The summed E-state index contributed by atoms with van der Waals surface area (Å²) in [7, 11) is 0. The number of fused-ring (bicyclic) bond motifs is 1. The van der Waals surface area contributed by atoms with Crippen LogP contribution in [0, 0.1) is 5.92 Å². The first-order valence-corrected chi connectivity index (χ1v) is 13.2. The van der Waals surface area contributed by atoms with E-state index in [-0.39, 0.29) is 5.56 Å². The van der Waals surface area contributed by atoms with Gasteiger partial charge in [0.2, 0.25) is 0 Å². The highest BCUT2D eigenvalue weighted by molar-refractivity contribution is 5.64. The van der Waals surface area contributed by atoms with Crippen LogP contribution in [0.1, 0.15) is 46.0 Å².